The maximum atomic E-state index is 2.46. The molecule has 0 aliphatic rings. The van der Waals surface area contributed by atoms with Gasteiger partial charge in [0.25, 0.3) is 0 Å². The Balaban J connectivity index is 1.29. The van der Waals surface area contributed by atoms with Crippen LogP contribution in [-0.2, 0) is 0 Å². The lowest BCUT2D eigenvalue weighted by Crippen LogP contribution is -2.13. The van der Waals surface area contributed by atoms with Crippen molar-refractivity contribution in [3.63, 3.8) is 0 Å². The van der Waals surface area contributed by atoms with Crippen LogP contribution < -0.4 is 9.80 Å². The normalized spacial score (nSPS) is 11.3. The van der Waals surface area contributed by atoms with E-state index < -0.39 is 0 Å². The molecule has 0 aliphatic carbocycles. The molecule has 10 rings (SSSR count). The van der Waals surface area contributed by atoms with Crippen LogP contribution in [0.15, 0.2) is 218 Å². The summed E-state index contributed by atoms with van der Waals surface area (Å²) in [6, 6.07) is 78.7. The predicted octanol–water partition coefficient (Wildman–Crippen LogP) is 15.5. The first-order chi connectivity index (χ1) is 27.3. The summed E-state index contributed by atoms with van der Waals surface area (Å²) in [4.78, 5) is 4.89. The van der Waals surface area contributed by atoms with E-state index >= 15 is 0 Å². The van der Waals surface area contributed by atoms with Crippen molar-refractivity contribution in [3.05, 3.63) is 218 Å². The van der Waals surface area contributed by atoms with E-state index in [2.05, 4.69) is 228 Å². The number of hydrogen-bond donors (Lipinski definition) is 0. The van der Waals surface area contributed by atoms with Gasteiger partial charge in [-0.3, -0.25) is 0 Å². The summed E-state index contributed by atoms with van der Waals surface area (Å²) < 4.78 is 2.52. The standard InChI is InChI=1S/C52H36N2S/c1-5-18-37(19-6-1)40-23-17-28-43(36-40)53(41-24-9-3-10-25-41)49-35-34-48(50-46-33-32-39-22-13-14-30-45(39)51(46)55-52(49)50)54(42-26-11-4-12-27-42)47-31-16-15-29-44(47)38-20-7-2-8-21-38/h1-36H. The summed E-state index contributed by atoms with van der Waals surface area (Å²) in [5, 5.41) is 5.00. The molecule has 260 valence electrons. The highest BCUT2D eigenvalue weighted by molar-refractivity contribution is 7.27. The minimum absolute atomic E-state index is 1.11. The fourth-order valence-corrected chi connectivity index (χ4v) is 9.27. The Labute approximate surface area is 325 Å². The maximum absolute atomic E-state index is 2.46. The molecule has 0 saturated carbocycles. The number of thiophene rings is 1. The third-order valence-corrected chi connectivity index (χ3v) is 11.7. The molecule has 0 bridgehead atoms. The molecule has 0 radical (unpaired) electrons. The van der Waals surface area contributed by atoms with E-state index in [1.165, 1.54) is 53.2 Å². The van der Waals surface area contributed by atoms with E-state index in [0.29, 0.717) is 0 Å². The van der Waals surface area contributed by atoms with Crippen molar-refractivity contribution >= 4 is 76.4 Å². The van der Waals surface area contributed by atoms with Gasteiger partial charge in [0.1, 0.15) is 0 Å². The quantitative estimate of drug-likeness (QED) is 0.154. The lowest BCUT2D eigenvalue weighted by atomic mass is 9.99. The van der Waals surface area contributed by atoms with Gasteiger partial charge in [0, 0.05) is 38.1 Å². The lowest BCUT2D eigenvalue weighted by molar-refractivity contribution is 1.28. The van der Waals surface area contributed by atoms with Gasteiger partial charge in [0.05, 0.1) is 21.8 Å². The number of nitrogens with zero attached hydrogens (tertiary/aromatic N) is 2. The van der Waals surface area contributed by atoms with E-state index in [1.807, 2.05) is 11.3 Å². The topological polar surface area (TPSA) is 6.48 Å². The highest BCUT2D eigenvalue weighted by atomic mass is 32.1. The van der Waals surface area contributed by atoms with Crippen molar-refractivity contribution in [2.45, 2.75) is 0 Å². The van der Waals surface area contributed by atoms with Gasteiger partial charge in [-0.05, 0) is 82.1 Å². The van der Waals surface area contributed by atoms with Gasteiger partial charge < -0.3 is 9.80 Å². The molecule has 2 nitrogen and oxygen atoms in total. The van der Waals surface area contributed by atoms with Crippen LogP contribution in [0.25, 0.3) is 53.2 Å². The molecule has 10 aromatic rings. The molecule has 0 spiro atoms. The zero-order chi connectivity index (χ0) is 36.6. The molecule has 1 heterocycles. The predicted molar refractivity (Wildman–Crippen MR) is 237 cm³/mol. The minimum Gasteiger partial charge on any atom is -0.309 e. The van der Waals surface area contributed by atoms with Gasteiger partial charge >= 0.3 is 0 Å². The molecular weight excluding hydrogens is 685 g/mol. The van der Waals surface area contributed by atoms with Crippen molar-refractivity contribution in [2.24, 2.45) is 0 Å². The minimum atomic E-state index is 1.11. The third-order valence-electron chi connectivity index (χ3n) is 10.4. The SMILES string of the molecule is c1ccc(-c2cccc(N(c3ccccc3)c3ccc(N(c4ccccc4)c4ccccc4-c4ccccc4)c4c3sc3c5ccccc5ccc34)c2)cc1. The fraction of sp³-hybridized carbons (Fsp3) is 0. The third kappa shape index (κ3) is 5.92. The molecule has 0 unspecified atom stereocenters. The molecule has 9 aromatic carbocycles. The van der Waals surface area contributed by atoms with Crippen LogP contribution >= 0.6 is 11.3 Å². The monoisotopic (exact) mass is 720 g/mol. The molecule has 0 N–H and O–H groups in total. The maximum Gasteiger partial charge on any atom is 0.0641 e. The molecule has 0 fully saturated rings. The second-order valence-electron chi connectivity index (χ2n) is 13.7. The van der Waals surface area contributed by atoms with Crippen molar-refractivity contribution in [1.82, 2.24) is 0 Å². The van der Waals surface area contributed by atoms with Crippen LogP contribution in [0.4, 0.5) is 34.1 Å². The van der Waals surface area contributed by atoms with Gasteiger partial charge in [-0.15, -0.1) is 11.3 Å². The number of anilines is 6. The van der Waals surface area contributed by atoms with E-state index in [0.717, 1.165) is 34.1 Å². The van der Waals surface area contributed by atoms with Crippen LogP contribution in [0.2, 0.25) is 0 Å². The van der Waals surface area contributed by atoms with Crippen LogP contribution in [0.1, 0.15) is 0 Å². The molecule has 55 heavy (non-hydrogen) atoms. The summed E-state index contributed by atoms with van der Waals surface area (Å²) in [6.45, 7) is 0. The zero-order valence-corrected chi connectivity index (χ0v) is 30.9. The Morgan fingerprint density at radius 2 is 0.873 bits per heavy atom. The smallest absolute Gasteiger partial charge is 0.0641 e. The van der Waals surface area contributed by atoms with Crippen LogP contribution in [0.5, 0.6) is 0 Å². The molecule has 0 amide bonds. The first-order valence-corrected chi connectivity index (χ1v) is 19.5. The van der Waals surface area contributed by atoms with Gasteiger partial charge in [-0.1, -0.05) is 164 Å². The molecule has 0 atom stereocenters. The van der Waals surface area contributed by atoms with Crippen molar-refractivity contribution in [2.75, 3.05) is 9.80 Å². The number of hydrogen-bond acceptors (Lipinski definition) is 3. The van der Waals surface area contributed by atoms with Gasteiger partial charge in [0.15, 0.2) is 0 Å². The lowest BCUT2D eigenvalue weighted by Gasteiger charge is -2.31. The average molecular weight is 721 g/mol. The van der Waals surface area contributed by atoms with Gasteiger partial charge in [-0.2, -0.15) is 0 Å². The van der Waals surface area contributed by atoms with E-state index in [9.17, 15) is 0 Å². The highest BCUT2D eigenvalue weighted by Crippen LogP contribution is 2.53. The average Bonchev–Trinajstić information content (AvgIpc) is 3.67. The van der Waals surface area contributed by atoms with Crippen LogP contribution in [0.3, 0.4) is 0 Å². The van der Waals surface area contributed by atoms with Crippen LogP contribution in [0, 0.1) is 0 Å². The van der Waals surface area contributed by atoms with Crippen molar-refractivity contribution in [1.29, 1.82) is 0 Å². The first kappa shape index (κ1) is 32.7. The molecule has 3 heteroatoms. The Bertz CT molecular complexity index is 2920. The van der Waals surface area contributed by atoms with E-state index in [4.69, 9.17) is 0 Å². The largest absolute Gasteiger partial charge is 0.309 e. The summed E-state index contributed by atoms with van der Waals surface area (Å²) in [5.74, 6) is 0. The molecule has 0 saturated heterocycles. The van der Waals surface area contributed by atoms with Crippen LogP contribution in [-0.4, -0.2) is 0 Å². The van der Waals surface area contributed by atoms with Gasteiger partial charge in [-0.25, -0.2) is 0 Å². The highest BCUT2D eigenvalue weighted by Gasteiger charge is 2.26. The Kier molecular flexibility index (Phi) is 8.40. The Morgan fingerprint density at radius 3 is 1.62 bits per heavy atom. The second kappa shape index (κ2) is 14.1. The molecule has 1 aromatic heterocycles. The first-order valence-electron chi connectivity index (χ1n) is 18.7. The van der Waals surface area contributed by atoms with E-state index in [-0.39, 0.29) is 0 Å². The fourth-order valence-electron chi connectivity index (χ4n) is 7.91. The van der Waals surface area contributed by atoms with Gasteiger partial charge in [0.2, 0.25) is 0 Å². The summed E-state index contributed by atoms with van der Waals surface area (Å²) in [5.41, 5.74) is 11.5. The van der Waals surface area contributed by atoms with Crippen molar-refractivity contribution in [3.8, 4) is 22.3 Å². The number of benzene rings is 9. The van der Waals surface area contributed by atoms with Crippen molar-refractivity contribution < 1.29 is 0 Å². The number of para-hydroxylation sites is 3. The molecular formula is C52H36N2S. The summed E-state index contributed by atoms with van der Waals surface area (Å²) in [7, 11) is 0. The number of rotatable bonds is 8. The zero-order valence-electron chi connectivity index (χ0n) is 30.1. The summed E-state index contributed by atoms with van der Waals surface area (Å²) in [6.07, 6.45) is 0. The Hall–Kier alpha value is -6.94. The number of fused-ring (bicyclic) bond motifs is 5. The Morgan fingerprint density at radius 1 is 0.309 bits per heavy atom. The van der Waals surface area contributed by atoms with E-state index in [1.54, 1.807) is 0 Å². The second-order valence-corrected chi connectivity index (χ2v) is 14.7. The summed E-state index contributed by atoms with van der Waals surface area (Å²) >= 11 is 1.89. The molecule has 0 aliphatic heterocycles.